The van der Waals surface area contributed by atoms with Gasteiger partial charge in [-0.15, -0.1) is 0 Å². The molecule has 6 rings (SSSR count). The Morgan fingerprint density at radius 1 is 1.11 bits per heavy atom. The Morgan fingerprint density at radius 2 is 1.89 bits per heavy atom. The lowest BCUT2D eigenvalue weighted by atomic mass is 10.0. The zero-order chi connectivity index (χ0) is 26.6. The highest BCUT2D eigenvalue weighted by Gasteiger charge is 2.38. The van der Waals surface area contributed by atoms with Gasteiger partial charge in [-0.05, 0) is 69.0 Å². The van der Waals surface area contributed by atoms with Crippen LogP contribution in [0.1, 0.15) is 55.0 Å². The summed E-state index contributed by atoms with van der Waals surface area (Å²) < 4.78 is 25.2. The summed E-state index contributed by atoms with van der Waals surface area (Å²) in [5.74, 6) is 3.56. The number of aromatic nitrogens is 3. The fourth-order valence-corrected chi connectivity index (χ4v) is 7.41. The van der Waals surface area contributed by atoms with Crippen molar-refractivity contribution in [2.24, 2.45) is 0 Å². The number of halogens is 1. The molecule has 1 atom stereocenters. The van der Waals surface area contributed by atoms with Gasteiger partial charge in [0.05, 0.1) is 34.9 Å². The molecule has 0 radical (unpaired) electrons. The lowest BCUT2D eigenvalue weighted by Gasteiger charge is -2.30. The molecule has 0 aliphatic carbocycles. The van der Waals surface area contributed by atoms with Crippen molar-refractivity contribution >= 4 is 45.0 Å². The summed E-state index contributed by atoms with van der Waals surface area (Å²) in [5.41, 5.74) is 5.40. The summed E-state index contributed by atoms with van der Waals surface area (Å²) >= 11 is 6.45. The van der Waals surface area contributed by atoms with E-state index in [4.69, 9.17) is 25.8 Å². The molecule has 198 valence electrons. The monoisotopic (exact) mass is 552 g/mol. The summed E-state index contributed by atoms with van der Waals surface area (Å²) in [6, 6.07) is 11.6. The van der Waals surface area contributed by atoms with Gasteiger partial charge in [-0.25, -0.2) is 4.98 Å². The fourth-order valence-electron chi connectivity index (χ4n) is 5.88. The number of fused-ring (bicyclic) bond motifs is 1. The summed E-state index contributed by atoms with van der Waals surface area (Å²) in [7, 11) is 0.786. The van der Waals surface area contributed by atoms with Crippen LogP contribution in [-0.2, 0) is 15.6 Å². The van der Waals surface area contributed by atoms with Crippen molar-refractivity contribution in [1.29, 1.82) is 0 Å². The second-order valence-corrected chi connectivity index (χ2v) is 12.1. The van der Waals surface area contributed by atoms with E-state index in [9.17, 15) is 9.00 Å². The number of nitrogens with zero attached hydrogens (tertiary/aromatic N) is 4. The van der Waals surface area contributed by atoms with E-state index in [0.29, 0.717) is 35.1 Å². The number of anilines is 1. The molecule has 8 nitrogen and oxygen atoms in total. The molecule has 10 heteroatoms. The van der Waals surface area contributed by atoms with Crippen molar-refractivity contribution in [2.45, 2.75) is 51.6 Å². The minimum Gasteiger partial charge on any atom is -0.495 e. The molecule has 38 heavy (non-hydrogen) atoms. The predicted octanol–water partition coefficient (Wildman–Crippen LogP) is 5.92. The van der Waals surface area contributed by atoms with Gasteiger partial charge in [0.2, 0.25) is 5.91 Å². The van der Waals surface area contributed by atoms with E-state index in [1.165, 1.54) is 0 Å². The highest BCUT2D eigenvalue weighted by molar-refractivity contribution is 7.85. The first kappa shape index (κ1) is 25.1. The van der Waals surface area contributed by atoms with Crippen molar-refractivity contribution in [1.82, 2.24) is 14.7 Å². The third-order valence-electron chi connectivity index (χ3n) is 7.69. The van der Waals surface area contributed by atoms with Crippen LogP contribution in [0.15, 0.2) is 40.9 Å². The van der Waals surface area contributed by atoms with Crippen molar-refractivity contribution in [3.63, 3.8) is 0 Å². The number of hydrogen-bond acceptors (Lipinski definition) is 6. The number of methoxy groups -OCH3 is 1. The van der Waals surface area contributed by atoms with E-state index >= 15 is 0 Å². The minimum absolute atomic E-state index is 0.0380. The van der Waals surface area contributed by atoms with Crippen LogP contribution in [0.3, 0.4) is 0 Å². The number of rotatable bonds is 5. The zero-order valence-corrected chi connectivity index (χ0v) is 23.1. The molecule has 0 N–H and O–H groups in total. The second kappa shape index (κ2) is 9.85. The van der Waals surface area contributed by atoms with Gasteiger partial charge in [-0.3, -0.25) is 9.00 Å². The Hall–Kier alpha value is -3.17. The van der Waals surface area contributed by atoms with Gasteiger partial charge >= 0.3 is 0 Å². The standard InChI is InChI=1S/C28H29ClN4O4S/c1-16-27(17(2)37-31-16)18-4-6-23-22(14-18)30-28(33(23)19-10-12-38(35)13-11-19)24-7-9-26(34)32(24)20-5-8-25(36-3)21(29)15-20/h4-6,8,14-15,19,24H,7,9-13H2,1-3H3/t19?,24-,38?/m0/s1. The normalized spacial score (nSPS) is 21.9. The number of ether oxygens (including phenoxy) is 1. The molecule has 2 fully saturated rings. The Balaban J connectivity index is 1.49. The maximum Gasteiger partial charge on any atom is 0.227 e. The quantitative estimate of drug-likeness (QED) is 0.305. The van der Waals surface area contributed by atoms with Crippen molar-refractivity contribution in [3.8, 4) is 16.9 Å². The highest BCUT2D eigenvalue weighted by Crippen LogP contribution is 2.42. The van der Waals surface area contributed by atoms with Gasteiger partial charge in [-0.2, -0.15) is 0 Å². The van der Waals surface area contributed by atoms with E-state index in [2.05, 4.69) is 27.9 Å². The van der Waals surface area contributed by atoms with Gasteiger partial charge in [0, 0.05) is 46.0 Å². The van der Waals surface area contributed by atoms with Gasteiger partial charge in [0.25, 0.3) is 0 Å². The number of imidazole rings is 1. The molecule has 0 unspecified atom stereocenters. The van der Waals surface area contributed by atoms with E-state index in [-0.39, 0.29) is 18.0 Å². The van der Waals surface area contributed by atoms with Crippen LogP contribution in [0.4, 0.5) is 5.69 Å². The van der Waals surface area contributed by atoms with Crippen LogP contribution in [-0.4, -0.2) is 43.4 Å². The first-order chi connectivity index (χ1) is 18.4. The largest absolute Gasteiger partial charge is 0.495 e. The highest BCUT2D eigenvalue weighted by atomic mass is 35.5. The van der Waals surface area contributed by atoms with Crippen LogP contribution in [0, 0.1) is 13.8 Å². The van der Waals surface area contributed by atoms with E-state index in [1.807, 2.05) is 24.8 Å². The van der Waals surface area contributed by atoms with Crippen LogP contribution in [0.2, 0.25) is 5.02 Å². The molecule has 2 aromatic carbocycles. The number of hydrogen-bond donors (Lipinski definition) is 0. The summed E-state index contributed by atoms with van der Waals surface area (Å²) in [5, 5.41) is 4.57. The first-order valence-corrected chi connectivity index (χ1v) is 14.7. The third kappa shape index (κ3) is 4.22. The minimum atomic E-state index is -0.785. The number of carbonyl (C=O) groups is 1. The molecule has 4 aromatic rings. The SMILES string of the molecule is COc1ccc(N2C(=O)CC[C@H]2c2nc3cc(-c4c(C)noc4C)ccc3n2C2CCS(=O)CC2)cc1Cl. The van der Waals surface area contributed by atoms with E-state index < -0.39 is 10.8 Å². The topological polar surface area (TPSA) is 90.5 Å². The molecule has 2 aromatic heterocycles. The Bertz CT molecular complexity index is 1550. The smallest absolute Gasteiger partial charge is 0.227 e. The lowest BCUT2D eigenvalue weighted by Crippen LogP contribution is -2.31. The Labute approximate surface area is 228 Å². The van der Waals surface area contributed by atoms with Crippen LogP contribution >= 0.6 is 11.6 Å². The van der Waals surface area contributed by atoms with Gasteiger partial charge in [-0.1, -0.05) is 22.8 Å². The van der Waals surface area contributed by atoms with E-state index in [1.54, 1.807) is 19.2 Å². The predicted molar refractivity (Wildman–Crippen MR) is 148 cm³/mol. The summed E-state index contributed by atoms with van der Waals surface area (Å²) in [6.07, 6.45) is 2.70. The number of amides is 1. The molecular weight excluding hydrogens is 524 g/mol. The van der Waals surface area contributed by atoms with E-state index in [0.717, 1.165) is 58.0 Å². The fraction of sp³-hybridized carbons (Fsp3) is 0.393. The lowest BCUT2D eigenvalue weighted by molar-refractivity contribution is -0.117. The molecule has 2 aliphatic heterocycles. The average Bonchev–Trinajstić information content (AvgIpc) is 3.58. The molecule has 1 amide bonds. The molecular formula is C28H29ClN4O4S. The number of benzene rings is 2. The van der Waals surface area contributed by atoms with Crippen molar-refractivity contribution in [3.05, 3.63) is 58.7 Å². The molecule has 0 bridgehead atoms. The first-order valence-electron chi connectivity index (χ1n) is 12.8. The molecule has 2 saturated heterocycles. The maximum absolute atomic E-state index is 13.2. The second-order valence-electron chi connectivity index (χ2n) is 9.96. The van der Waals surface area contributed by atoms with Crippen LogP contribution in [0.25, 0.3) is 22.2 Å². The third-order valence-corrected chi connectivity index (χ3v) is 9.36. The van der Waals surface area contributed by atoms with Crippen LogP contribution < -0.4 is 9.64 Å². The van der Waals surface area contributed by atoms with Gasteiger partial charge in [0.1, 0.15) is 17.3 Å². The zero-order valence-electron chi connectivity index (χ0n) is 21.6. The summed E-state index contributed by atoms with van der Waals surface area (Å²) in [4.78, 5) is 20.2. The number of aryl methyl sites for hydroxylation is 2. The molecule has 0 saturated carbocycles. The number of carbonyl (C=O) groups excluding carboxylic acids is 1. The molecule has 4 heterocycles. The van der Waals surface area contributed by atoms with Crippen LogP contribution in [0.5, 0.6) is 5.75 Å². The van der Waals surface area contributed by atoms with Crippen molar-refractivity contribution < 1.29 is 18.3 Å². The van der Waals surface area contributed by atoms with Crippen molar-refractivity contribution in [2.75, 3.05) is 23.5 Å². The Morgan fingerprint density at radius 3 is 2.58 bits per heavy atom. The van der Waals surface area contributed by atoms with Gasteiger partial charge < -0.3 is 18.7 Å². The average molecular weight is 553 g/mol. The molecule has 0 spiro atoms. The maximum atomic E-state index is 13.2. The summed E-state index contributed by atoms with van der Waals surface area (Å²) in [6.45, 7) is 3.85. The van der Waals surface area contributed by atoms with Gasteiger partial charge in [0.15, 0.2) is 0 Å². The Kier molecular flexibility index (Phi) is 6.52. The molecule has 2 aliphatic rings.